The van der Waals surface area contributed by atoms with Crippen LogP contribution in [0.4, 0.5) is 0 Å². The Labute approximate surface area is 102 Å². The average molecular weight is 284 g/mol. The minimum Gasteiger partial charge on any atom is -0.507 e. The maximum atomic E-state index is 11.6. The zero-order valence-electron chi connectivity index (χ0n) is 8.66. The van der Waals surface area contributed by atoms with Gasteiger partial charge in [0.2, 0.25) is 0 Å². The van der Waals surface area contributed by atoms with Crippen molar-refractivity contribution >= 4 is 21.9 Å². The van der Waals surface area contributed by atoms with Crippen molar-refractivity contribution in [3.05, 3.63) is 28.8 Å². The van der Waals surface area contributed by atoms with E-state index < -0.39 is 5.97 Å². The van der Waals surface area contributed by atoms with E-state index in [1.165, 1.54) is 6.07 Å². The number of alkyl halides is 1. The highest BCUT2D eigenvalue weighted by Gasteiger charge is 2.18. The van der Waals surface area contributed by atoms with Gasteiger partial charge in [0, 0.05) is 5.33 Å². The van der Waals surface area contributed by atoms with Crippen molar-refractivity contribution in [1.29, 1.82) is 5.26 Å². The molecule has 1 aromatic rings. The lowest BCUT2D eigenvalue weighted by atomic mass is 10.0. The Hall–Kier alpha value is -1.54. The summed E-state index contributed by atoms with van der Waals surface area (Å²) in [6.45, 7) is 1.92. The number of phenols is 1. The van der Waals surface area contributed by atoms with Crippen molar-refractivity contribution in [2.75, 3.05) is 6.61 Å². The van der Waals surface area contributed by atoms with Crippen LogP contribution in [0.1, 0.15) is 28.4 Å². The molecule has 5 heteroatoms. The molecular weight excluding hydrogens is 274 g/mol. The highest BCUT2D eigenvalue weighted by atomic mass is 79.9. The lowest BCUT2D eigenvalue weighted by Gasteiger charge is -2.09. The average Bonchev–Trinajstić information content (AvgIpc) is 2.27. The SMILES string of the molecule is CCOC(=O)c1c(O)cc(C#N)cc1CBr. The standard InChI is InChI=1S/C11H10BrNO3/c1-2-16-11(15)10-8(5-12)3-7(6-13)4-9(10)14/h3-4,14H,2,5H2,1H3. The molecule has 0 saturated carbocycles. The summed E-state index contributed by atoms with van der Waals surface area (Å²) in [5.41, 5.74) is 0.952. The number of hydrogen-bond donors (Lipinski definition) is 1. The predicted octanol–water partition coefficient (Wildman–Crippen LogP) is 2.34. The summed E-state index contributed by atoms with van der Waals surface area (Å²) >= 11 is 3.20. The van der Waals surface area contributed by atoms with Crippen molar-refractivity contribution in [3.8, 4) is 11.8 Å². The normalized spacial score (nSPS) is 9.56. The van der Waals surface area contributed by atoms with Gasteiger partial charge in [0.15, 0.2) is 0 Å². The second kappa shape index (κ2) is 5.52. The minimum atomic E-state index is -0.584. The van der Waals surface area contributed by atoms with Crippen LogP contribution >= 0.6 is 15.9 Å². The van der Waals surface area contributed by atoms with Crippen molar-refractivity contribution in [1.82, 2.24) is 0 Å². The Morgan fingerprint density at radius 1 is 1.62 bits per heavy atom. The molecule has 0 heterocycles. The maximum Gasteiger partial charge on any atom is 0.342 e. The molecule has 0 saturated heterocycles. The van der Waals surface area contributed by atoms with E-state index in [9.17, 15) is 9.90 Å². The van der Waals surface area contributed by atoms with Crippen LogP contribution in [0, 0.1) is 11.3 Å². The number of rotatable bonds is 3. The highest BCUT2D eigenvalue weighted by Crippen LogP contribution is 2.26. The number of nitrogens with zero attached hydrogens (tertiary/aromatic N) is 1. The molecule has 0 aliphatic heterocycles. The van der Waals surface area contributed by atoms with Crippen molar-refractivity contribution in [2.24, 2.45) is 0 Å². The zero-order chi connectivity index (χ0) is 12.1. The van der Waals surface area contributed by atoms with Crippen LogP contribution in [0.5, 0.6) is 5.75 Å². The van der Waals surface area contributed by atoms with Crippen LogP contribution < -0.4 is 0 Å². The van der Waals surface area contributed by atoms with E-state index in [4.69, 9.17) is 10.00 Å². The minimum absolute atomic E-state index is 0.109. The van der Waals surface area contributed by atoms with Crippen LogP contribution in [0.2, 0.25) is 0 Å². The maximum absolute atomic E-state index is 11.6. The molecule has 4 nitrogen and oxygen atoms in total. The first kappa shape index (κ1) is 12.5. The van der Waals surface area contributed by atoms with Crippen LogP contribution in [-0.4, -0.2) is 17.7 Å². The Morgan fingerprint density at radius 3 is 2.81 bits per heavy atom. The van der Waals surface area contributed by atoms with E-state index in [-0.39, 0.29) is 17.9 Å². The summed E-state index contributed by atoms with van der Waals surface area (Å²) in [6, 6.07) is 4.70. The molecule has 0 unspecified atom stereocenters. The molecule has 0 aliphatic rings. The fraction of sp³-hybridized carbons (Fsp3) is 0.273. The molecule has 0 fully saturated rings. The predicted molar refractivity (Wildman–Crippen MR) is 61.4 cm³/mol. The first-order chi connectivity index (χ1) is 7.63. The largest absolute Gasteiger partial charge is 0.507 e. The number of aromatic hydroxyl groups is 1. The fourth-order valence-corrected chi connectivity index (χ4v) is 1.74. The molecule has 0 radical (unpaired) electrons. The molecule has 0 aromatic heterocycles. The van der Waals surface area contributed by atoms with Gasteiger partial charge in [0.05, 0.1) is 18.2 Å². The van der Waals surface area contributed by atoms with Gasteiger partial charge in [-0.05, 0) is 24.6 Å². The molecular formula is C11H10BrNO3. The fourth-order valence-electron chi connectivity index (χ4n) is 1.29. The molecule has 0 atom stereocenters. The highest BCUT2D eigenvalue weighted by molar-refractivity contribution is 9.08. The molecule has 0 amide bonds. The number of halogens is 1. The van der Waals surface area contributed by atoms with Crippen molar-refractivity contribution in [3.63, 3.8) is 0 Å². The summed E-state index contributed by atoms with van der Waals surface area (Å²) in [6.07, 6.45) is 0. The third-order valence-corrected chi connectivity index (χ3v) is 2.56. The number of carbonyl (C=O) groups is 1. The number of hydrogen-bond acceptors (Lipinski definition) is 4. The van der Waals surface area contributed by atoms with Gasteiger partial charge in [-0.15, -0.1) is 0 Å². The second-order valence-electron chi connectivity index (χ2n) is 3.00. The first-order valence-corrected chi connectivity index (χ1v) is 5.75. The van der Waals surface area contributed by atoms with Gasteiger partial charge < -0.3 is 9.84 Å². The lowest BCUT2D eigenvalue weighted by molar-refractivity contribution is 0.0522. The van der Waals surface area contributed by atoms with Crippen molar-refractivity contribution < 1.29 is 14.6 Å². The Bertz CT molecular complexity index is 451. The Morgan fingerprint density at radius 2 is 2.31 bits per heavy atom. The van der Waals surface area contributed by atoms with Gasteiger partial charge in [0.25, 0.3) is 0 Å². The van der Waals surface area contributed by atoms with E-state index in [1.807, 2.05) is 6.07 Å². The lowest BCUT2D eigenvalue weighted by Crippen LogP contribution is -2.08. The van der Waals surface area contributed by atoms with Crippen LogP contribution in [0.25, 0.3) is 0 Å². The van der Waals surface area contributed by atoms with Crippen LogP contribution in [0.15, 0.2) is 12.1 Å². The Balaban J connectivity index is 3.28. The van der Waals surface area contributed by atoms with Gasteiger partial charge >= 0.3 is 5.97 Å². The third-order valence-electron chi connectivity index (χ3n) is 1.95. The summed E-state index contributed by atoms with van der Waals surface area (Å²) < 4.78 is 4.82. The van der Waals surface area contributed by atoms with Crippen LogP contribution in [-0.2, 0) is 10.1 Å². The summed E-state index contributed by atoms with van der Waals surface area (Å²) in [5.74, 6) is -0.814. The first-order valence-electron chi connectivity index (χ1n) is 4.63. The van der Waals surface area contributed by atoms with E-state index in [1.54, 1.807) is 13.0 Å². The number of benzene rings is 1. The van der Waals surface area contributed by atoms with E-state index in [0.29, 0.717) is 16.5 Å². The summed E-state index contributed by atoms with van der Waals surface area (Å²) in [5, 5.41) is 18.7. The summed E-state index contributed by atoms with van der Waals surface area (Å²) in [4.78, 5) is 11.6. The number of carbonyl (C=O) groups excluding carboxylic acids is 1. The van der Waals surface area contributed by atoms with Gasteiger partial charge in [-0.25, -0.2) is 4.79 Å². The molecule has 16 heavy (non-hydrogen) atoms. The molecule has 84 valence electrons. The smallest absolute Gasteiger partial charge is 0.342 e. The molecule has 0 spiro atoms. The van der Waals surface area contributed by atoms with Gasteiger partial charge in [-0.1, -0.05) is 15.9 Å². The third kappa shape index (κ3) is 2.52. The van der Waals surface area contributed by atoms with E-state index >= 15 is 0 Å². The molecule has 0 bridgehead atoms. The van der Waals surface area contributed by atoms with Gasteiger partial charge in [-0.2, -0.15) is 5.26 Å². The van der Waals surface area contributed by atoms with Gasteiger partial charge in [0.1, 0.15) is 11.3 Å². The van der Waals surface area contributed by atoms with E-state index in [2.05, 4.69) is 15.9 Å². The second-order valence-corrected chi connectivity index (χ2v) is 3.56. The quantitative estimate of drug-likeness (QED) is 0.683. The molecule has 0 aliphatic carbocycles. The zero-order valence-corrected chi connectivity index (χ0v) is 10.2. The molecule has 1 rings (SSSR count). The Kier molecular flexibility index (Phi) is 4.32. The number of ether oxygens (including phenoxy) is 1. The van der Waals surface area contributed by atoms with Gasteiger partial charge in [-0.3, -0.25) is 0 Å². The topological polar surface area (TPSA) is 70.3 Å². The number of nitriles is 1. The van der Waals surface area contributed by atoms with Crippen molar-refractivity contribution in [2.45, 2.75) is 12.3 Å². The number of esters is 1. The molecule has 1 N–H and O–H groups in total. The monoisotopic (exact) mass is 283 g/mol. The number of phenolic OH excluding ortho intramolecular Hbond substituents is 1. The summed E-state index contributed by atoms with van der Waals surface area (Å²) in [7, 11) is 0. The van der Waals surface area contributed by atoms with E-state index in [0.717, 1.165) is 0 Å². The molecule has 1 aromatic carbocycles. The van der Waals surface area contributed by atoms with Crippen LogP contribution in [0.3, 0.4) is 0 Å².